The van der Waals surface area contributed by atoms with Crippen LogP contribution in [0.5, 0.6) is 0 Å². The van der Waals surface area contributed by atoms with E-state index in [0.29, 0.717) is 24.7 Å². The number of hydrogen-bond donors (Lipinski definition) is 3. The van der Waals surface area contributed by atoms with Crippen molar-refractivity contribution in [2.24, 2.45) is 45.3 Å². The molecule has 34 heavy (non-hydrogen) atoms. The van der Waals surface area contributed by atoms with E-state index in [4.69, 9.17) is 0 Å². The molecule has 0 aromatic heterocycles. The molecule has 0 amide bonds. The average Bonchev–Trinajstić information content (AvgIpc) is 3.05. The van der Waals surface area contributed by atoms with Crippen molar-refractivity contribution in [3.05, 3.63) is 11.1 Å². The van der Waals surface area contributed by atoms with Gasteiger partial charge in [0.2, 0.25) is 0 Å². The van der Waals surface area contributed by atoms with E-state index >= 15 is 0 Å². The Kier molecular flexibility index (Phi) is 6.64. The molecule has 0 radical (unpaired) electrons. The highest BCUT2D eigenvalue weighted by atomic mass is 16.4. The van der Waals surface area contributed by atoms with Gasteiger partial charge in [0, 0.05) is 0 Å². The zero-order valence-corrected chi connectivity index (χ0v) is 22.8. The minimum Gasteiger partial charge on any atom is -0.481 e. The van der Waals surface area contributed by atoms with Crippen molar-refractivity contribution >= 4 is 5.97 Å². The zero-order valence-electron chi connectivity index (χ0n) is 22.8. The first-order valence-corrected chi connectivity index (χ1v) is 14.0. The largest absolute Gasteiger partial charge is 0.481 e. The van der Waals surface area contributed by atoms with Crippen LogP contribution in [-0.4, -0.2) is 33.5 Å². The van der Waals surface area contributed by atoms with E-state index in [1.165, 1.54) is 19.3 Å². The van der Waals surface area contributed by atoms with Gasteiger partial charge in [-0.2, -0.15) is 0 Å². The third-order valence-electron chi connectivity index (χ3n) is 12.4. The molecule has 3 N–H and O–H groups in total. The van der Waals surface area contributed by atoms with Gasteiger partial charge in [0.05, 0.1) is 18.1 Å². The summed E-state index contributed by atoms with van der Waals surface area (Å²) >= 11 is 0. The quantitative estimate of drug-likeness (QED) is 0.379. The number of carboxylic acid groups (broad SMARTS) is 1. The molecule has 9 unspecified atom stereocenters. The number of carbonyl (C=O) groups is 1. The predicted octanol–water partition coefficient (Wildman–Crippen LogP) is 6.59. The summed E-state index contributed by atoms with van der Waals surface area (Å²) in [6.07, 6.45) is 9.54. The Morgan fingerprint density at radius 3 is 2.26 bits per heavy atom. The third kappa shape index (κ3) is 3.64. The van der Waals surface area contributed by atoms with E-state index in [2.05, 4.69) is 41.5 Å². The molecule has 0 aromatic rings. The highest BCUT2D eigenvalue weighted by molar-refractivity contribution is 5.69. The molecule has 2 saturated carbocycles. The molecule has 0 heterocycles. The normalized spacial score (nSPS) is 44.0. The summed E-state index contributed by atoms with van der Waals surface area (Å²) in [5.41, 5.74) is 4.00. The van der Waals surface area contributed by atoms with Crippen LogP contribution in [0.3, 0.4) is 0 Å². The first-order chi connectivity index (χ1) is 15.7. The highest BCUT2D eigenvalue weighted by Crippen LogP contribution is 2.72. The minimum atomic E-state index is -0.769. The van der Waals surface area contributed by atoms with Gasteiger partial charge in [-0.15, -0.1) is 0 Å². The van der Waals surface area contributed by atoms with Crippen LogP contribution in [0.15, 0.2) is 11.1 Å². The molecule has 4 aliphatic carbocycles. The van der Waals surface area contributed by atoms with Crippen molar-refractivity contribution in [2.75, 3.05) is 0 Å². The molecule has 4 heteroatoms. The van der Waals surface area contributed by atoms with Crippen LogP contribution in [0.2, 0.25) is 0 Å². The maximum absolute atomic E-state index is 11.2. The Bertz CT molecular complexity index is 845. The van der Waals surface area contributed by atoms with E-state index in [9.17, 15) is 20.1 Å². The fourth-order valence-electron chi connectivity index (χ4n) is 9.63. The number of hydrogen-bond acceptors (Lipinski definition) is 3. The van der Waals surface area contributed by atoms with Crippen LogP contribution < -0.4 is 0 Å². The summed E-state index contributed by atoms with van der Waals surface area (Å²) < 4.78 is 0. The van der Waals surface area contributed by atoms with Crippen molar-refractivity contribution in [1.29, 1.82) is 0 Å². The van der Waals surface area contributed by atoms with Gasteiger partial charge in [0.15, 0.2) is 0 Å². The Morgan fingerprint density at radius 2 is 1.62 bits per heavy atom. The van der Waals surface area contributed by atoms with E-state index < -0.39 is 18.0 Å². The molecule has 4 nitrogen and oxygen atoms in total. The van der Waals surface area contributed by atoms with E-state index in [1.54, 1.807) is 18.1 Å². The van der Waals surface area contributed by atoms with Gasteiger partial charge in [-0.3, -0.25) is 4.79 Å². The maximum Gasteiger partial charge on any atom is 0.306 e. The van der Waals surface area contributed by atoms with Crippen molar-refractivity contribution < 1.29 is 20.1 Å². The van der Waals surface area contributed by atoms with E-state index in [0.717, 1.165) is 32.1 Å². The standard InChI is InChI=1S/C30H50O4/c1-18(26(33)34)8-10-23(31)19(2)20-12-16-30(7)22-9-11-24-27(3,4)25(32)14-15-28(24,5)21(22)13-17-29(20,30)6/h18-20,23-25,31-32H,8-17H2,1-7H3,(H,33,34). The Hall–Kier alpha value is -0.870. The second-order valence-electron chi connectivity index (χ2n) is 14.0. The first-order valence-electron chi connectivity index (χ1n) is 14.0. The van der Waals surface area contributed by atoms with Crippen molar-refractivity contribution in [2.45, 2.75) is 125 Å². The van der Waals surface area contributed by atoms with Crippen molar-refractivity contribution in [3.63, 3.8) is 0 Å². The molecule has 194 valence electrons. The van der Waals surface area contributed by atoms with E-state index in [1.807, 2.05) is 0 Å². The summed E-state index contributed by atoms with van der Waals surface area (Å²) in [7, 11) is 0. The van der Waals surface area contributed by atoms with Gasteiger partial charge in [-0.1, -0.05) is 59.6 Å². The summed E-state index contributed by atoms with van der Waals surface area (Å²) in [6, 6.07) is 0. The molecule has 0 spiro atoms. The molecular formula is C30H50O4. The Labute approximate surface area is 207 Å². The number of carboxylic acids is 1. The molecule has 0 aliphatic heterocycles. The lowest BCUT2D eigenvalue weighted by Crippen LogP contribution is -2.55. The predicted molar refractivity (Wildman–Crippen MR) is 136 cm³/mol. The van der Waals surface area contributed by atoms with Gasteiger partial charge < -0.3 is 15.3 Å². The number of aliphatic carboxylic acids is 1. The monoisotopic (exact) mass is 474 g/mol. The number of aliphatic hydroxyl groups excluding tert-OH is 2. The lowest BCUT2D eigenvalue weighted by Gasteiger charge is -2.62. The second-order valence-corrected chi connectivity index (χ2v) is 14.0. The third-order valence-corrected chi connectivity index (χ3v) is 12.4. The molecule has 4 aliphatic rings. The average molecular weight is 475 g/mol. The fourth-order valence-corrected chi connectivity index (χ4v) is 9.63. The number of allylic oxidation sites excluding steroid dienone is 2. The molecule has 2 fully saturated rings. The van der Waals surface area contributed by atoms with Gasteiger partial charge in [-0.25, -0.2) is 0 Å². The number of fused-ring (bicyclic) bond motifs is 4. The Morgan fingerprint density at radius 1 is 0.941 bits per heavy atom. The van der Waals surface area contributed by atoms with Crippen LogP contribution >= 0.6 is 0 Å². The molecule has 9 atom stereocenters. The number of rotatable bonds is 6. The first kappa shape index (κ1) is 26.2. The van der Waals surface area contributed by atoms with Crippen LogP contribution in [-0.2, 0) is 4.79 Å². The minimum absolute atomic E-state index is 0.0306. The van der Waals surface area contributed by atoms with Gasteiger partial charge in [-0.05, 0) is 104 Å². The zero-order chi connectivity index (χ0) is 25.3. The SMILES string of the molecule is CC(CCC(O)C(C)C1CCC2(C)C3=C(CCC12C)C1(C)CCC(O)C(C)(C)C1CC3)C(=O)O. The van der Waals surface area contributed by atoms with Gasteiger partial charge >= 0.3 is 5.97 Å². The molecular weight excluding hydrogens is 424 g/mol. The summed E-state index contributed by atoms with van der Waals surface area (Å²) in [5.74, 6) is 0.0319. The van der Waals surface area contributed by atoms with E-state index in [-0.39, 0.29) is 33.7 Å². The molecule has 4 rings (SSSR count). The molecule has 0 aromatic carbocycles. The van der Waals surface area contributed by atoms with Crippen molar-refractivity contribution in [1.82, 2.24) is 0 Å². The van der Waals surface area contributed by atoms with Crippen LogP contribution in [0.1, 0.15) is 113 Å². The molecule has 0 saturated heterocycles. The number of aliphatic hydroxyl groups is 2. The summed E-state index contributed by atoms with van der Waals surface area (Å²) in [4.78, 5) is 11.2. The van der Waals surface area contributed by atoms with Crippen LogP contribution in [0, 0.1) is 45.3 Å². The fraction of sp³-hybridized carbons (Fsp3) is 0.900. The lowest BCUT2D eigenvalue weighted by atomic mass is 9.43. The lowest BCUT2D eigenvalue weighted by molar-refractivity contribution is -0.141. The topological polar surface area (TPSA) is 77.8 Å². The van der Waals surface area contributed by atoms with Crippen molar-refractivity contribution in [3.8, 4) is 0 Å². The Balaban J connectivity index is 1.60. The highest BCUT2D eigenvalue weighted by Gasteiger charge is 2.63. The van der Waals surface area contributed by atoms with Crippen LogP contribution in [0.25, 0.3) is 0 Å². The van der Waals surface area contributed by atoms with Crippen LogP contribution in [0.4, 0.5) is 0 Å². The van der Waals surface area contributed by atoms with Gasteiger partial charge in [0.1, 0.15) is 0 Å². The second kappa shape index (κ2) is 8.61. The van der Waals surface area contributed by atoms with Gasteiger partial charge in [0.25, 0.3) is 0 Å². The summed E-state index contributed by atoms with van der Waals surface area (Å²) in [6.45, 7) is 16.1. The molecule has 0 bridgehead atoms. The smallest absolute Gasteiger partial charge is 0.306 e. The summed E-state index contributed by atoms with van der Waals surface area (Å²) in [5, 5.41) is 31.1. The maximum atomic E-state index is 11.2.